The number of nitrogens with one attached hydrogen (secondary N) is 2. The summed E-state index contributed by atoms with van der Waals surface area (Å²) in [6.45, 7) is 0.805. The summed E-state index contributed by atoms with van der Waals surface area (Å²) in [5, 5.41) is 5.56. The molecule has 1 aliphatic heterocycles. The fraction of sp³-hybridized carbons (Fsp3) is 0.278. The average molecular weight is 405 g/mol. The van der Waals surface area contributed by atoms with E-state index in [2.05, 4.69) is 10.6 Å². The van der Waals surface area contributed by atoms with Crippen LogP contribution in [0.15, 0.2) is 36.4 Å². The third-order valence-corrected chi connectivity index (χ3v) is 4.03. The molecular weight excluding hydrogens is 388 g/mol. The molecule has 0 spiro atoms. The minimum atomic E-state index is -4.44. The highest BCUT2D eigenvalue weighted by Crippen LogP contribution is 2.30. The number of anilines is 1. The Bertz CT molecular complexity index is 810. The first-order valence-corrected chi connectivity index (χ1v) is 7.95. The molecule has 0 saturated carbocycles. The van der Waals surface area contributed by atoms with Crippen LogP contribution in [0.2, 0.25) is 0 Å². The zero-order valence-electron chi connectivity index (χ0n) is 14.0. The summed E-state index contributed by atoms with van der Waals surface area (Å²) in [4.78, 5) is 11.9. The van der Waals surface area contributed by atoms with Crippen LogP contribution in [0.1, 0.15) is 16.7 Å². The maximum Gasteiger partial charge on any atom is 0.416 e. The zero-order chi connectivity index (χ0) is 18.7. The number of halogens is 5. The van der Waals surface area contributed by atoms with E-state index in [-0.39, 0.29) is 23.8 Å². The number of carbonyl (C=O) groups is 1. The Kier molecular flexibility index (Phi) is 6.67. The van der Waals surface area contributed by atoms with Gasteiger partial charge in [-0.05, 0) is 54.4 Å². The van der Waals surface area contributed by atoms with Gasteiger partial charge in [0.15, 0.2) is 6.61 Å². The highest BCUT2D eigenvalue weighted by Gasteiger charge is 2.30. The monoisotopic (exact) mass is 404 g/mol. The van der Waals surface area contributed by atoms with E-state index < -0.39 is 30.1 Å². The van der Waals surface area contributed by atoms with Gasteiger partial charge in [-0.1, -0.05) is 6.07 Å². The highest BCUT2D eigenvalue weighted by atomic mass is 35.5. The van der Waals surface area contributed by atoms with E-state index >= 15 is 0 Å². The highest BCUT2D eigenvalue weighted by molar-refractivity contribution is 5.92. The predicted molar refractivity (Wildman–Crippen MR) is 94.6 cm³/mol. The molecule has 9 heteroatoms. The number of carbonyl (C=O) groups excluding carboxylic acids is 1. The third-order valence-electron chi connectivity index (χ3n) is 4.03. The van der Waals surface area contributed by atoms with E-state index in [0.29, 0.717) is 25.1 Å². The molecule has 146 valence electrons. The molecule has 2 N–H and O–H groups in total. The number of benzene rings is 2. The van der Waals surface area contributed by atoms with E-state index in [1.54, 1.807) is 6.07 Å². The normalized spacial score (nSPS) is 13.3. The van der Waals surface area contributed by atoms with E-state index in [1.165, 1.54) is 6.07 Å². The lowest BCUT2D eigenvalue weighted by Gasteiger charge is -2.19. The van der Waals surface area contributed by atoms with Gasteiger partial charge < -0.3 is 15.4 Å². The molecule has 0 radical (unpaired) electrons. The molecule has 3 rings (SSSR count). The Morgan fingerprint density at radius 2 is 1.85 bits per heavy atom. The van der Waals surface area contributed by atoms with E-state index in [1.807, 2.05) is 0 Å². The van der Waals surface area contributed by atoms with Crippen molar-refractivity contribution in [3.05, 3.63) is 58.9 Å². The van der Waals surface area contributed by atoms with Crippen molar-refractivity contribution in [1.29, 1.82) is 0 Å². The van der Waals surface area contributed by atoms with Crippen LogP contribution in [0.4, 0.5) is 23.2 Å². The molecule has 0 saturated heterocycles. The van der Waals surface area contributed by atoms with Gasteiger partial charge in [0, 0.05) is 6.54 Å². The molecule has 0 atom stereocenters. The van der Waals surface area contributed by atoms with E-state index in [9.17, 15) is 22.4 Å². The first kappa shape index (κ1) is 21.0. The zero-order valence-corrected chi connectivity index (χ0v) is 14.8. The van der Waals surface area contributed by atoms with Gasteiger partial charge in [0.2, 0.25) is 0 Å². The van der Waals surface area contributed by atoms with Gasteiger partial charge in [-0.15, -0.1) is 12.4 Å². The first-order valence-electron chi connectivity index (χ1n) is 7.95. The van der Waals surface area contributed by atoms with Crippen molar-refractivity contribution in [2.75, 3.05) is 18.5 Å². The summed E-state index contributed by atoms with van der Waals surface area (Å²) < 4.78 is 57.1. The number of hydrogen-bond acceptors (Lipinski definition) is 3. The predicted octanol–water partition coefficient (Wildman–Crippen LogP) is 3.93. The molecule has 1 aliphatic rings. The first-order chi connectivity index (χ1) is 12.3. The molecular formula is C18H17ClF4N2O2. The van der Waals surface area contributed by atoms with Gasteiger partial charge in [-0.3, -0.25) is 4.79 Å². The van der Waals surface area contributed by atoms with Crippen molar-refractivity contribution >= 4 is 24.0 Å². The number of hydrogen-bond donors (Lipinski definition) is 2. The summed E-state index contributed by atoms with van der Waals surface area (Å²) in [6, 6.07) is 7.22. The summed E-state index contributed by atoms with van der Waals surface area (Å²) in [5.74, 6) is -0.949. The quantitative estimate of drug-likeness (QED) is 0.759. The molecule has 0 unspecified atom stereocenters. The second-order valence-electron chi connectivity index (χ2n) is 5.85. The lowest BCUT2D eigenvalue weighted by Crippen LogP contribution is -2.26. The standard InChI is InChI=1S/C18H16F4N2O2.ClH/c19-17-14-7-8-23-9-11(14)1-6-15(17)24-16(25)10-26-13-4-2-12(3-5-13)18(20,21)22;/h1-6,23H,7-10H2,(H,24,25);1H. The van der Waals surface area contributed by atoms with E-state index in [0.717, 1.165) is 29.8 Å². The number of rotatable bonds is 4. The van der Waals surface area contributed by atoms with Gasteiger partial charge in [-0.25, -0.2) is 4.39 Å². The van der Waals surface area contributed by atoms with Gasteiger partial charge in [0.05, 0.1) is 11.3 Å². The Morgan fingerprint density at radius 1 is 1.15 bits per heavy atom. The van der Waals surface area contributed by atoms with Crippen LogP contribution in [0.25, 0.3) is 0 Å². The number of amides is 1. The largest absolute Gasteiger partial charge is 0.484 e. The smallest absolute Gasteiger partial charge is 0.416 e. The molecule has 27 heavy (non-hydrogen) atoms. The van der Waals surface area contributed by atoms with Gasteiger partial charge >= 0.3 is 6.18 Å². The van der Waals surface area contributed by atoms with Crippen molar-refractivity contribution in [1.82, 2.24) is 5.32 Å². The van der Waals surface area contributed by atoms with Gasteiger partial charge in [0.25, 0.3) is 5.91 Å². The lowest BCUT2D eigenvalue weighted by molar-refractivity contribution is -0.137. The Hall–Kier alpha value is -2.32. The molecule has 0 aromatic heterocycles. The molecule has 2 aromatic carbocycles. The summed E-state index contributed by atoms with van der Waals surface area (Å²) in [7, 11) is 0. The molecule has 0 bridgehead atoms. The second-order valence-corrected chi connectivity index (χ2v) is 5.85. The topological polar surface area (TPSA) is 50.4 Å². The number of ether oxygens (including phenoxy) is 1. The van der Waals surface area contributed by atoms with Crippen molar-refractivity contribution in [2.45, 2.75) is 19.1 Å². The second kappa shape index (κ2) is 8.58. The van der Waals surface area contributed by atoms with Crippen LogP contribution in [-0.4, -0.2) is 19.1 Å². The molecule has 0 aliphatic carbocycles. The SMILES string of the molecule is Cl.O=C(COc1ccc(C(F)(F)F)cc1)Nc1ccc2c(c1F)CCNC2. The number of fused-ring (bicyclic) bond motifs is 1. The lowest BCUT2D eigenvalue weighted by atomic mass is 9.99. The summed E-state index contributed by atoms with van der Waals surface area (Å²) in [6.07, 6.45) is -3.90. The molecule has 1 amide bonds. The Morgan fingerprint density at radius 3 is 2.52 bits per heavy atom. The molecule has 4 nitrogen and oxygen atoms in total. The molecule has 0 fully saturated rings. The van der Waals surface area contributed by atoms with Crippen LogP contribution in [-0.2, 0) is 23.9 Å². The van der Waals surface area contributed by atoms with Crippen LogP contribution >= 0.6 is 12.4 Å². The third kappa shape index (κ3) is 5.11. The molecule has 2 aromatic rings. The number of alkyl halides is 3. The fourth-order valence-corrected chi connectivity index (χ4v) is 2.71. The summed E-state index contributed by atoms with van der Waals surface area (Å²) in [5.41, 5.74) is 0.685. The molecule has 1 heterocycles. The Balaban J connectivity index is 0.00000261. The van der Waals surface area contributed by atoms with Crippen LogP contribution in [0.3, 0.4) is 0 Å². The minimum Gasteiger partial charge on any atom is -0.484 e. The average Bonchev–Trinajstić information content (AvgIpc) is 2.62. The Labute approximate surface area is 159 Å². The van der Waals surface area contributed by atoms with Crippen LogP contribution < -0.4 is 15.4 Å². The van der Waals surface area contributed by atoms with Gasteiger partial charge in [-0.2, -0.15) is 13.2 Å². The summed E-state index contributed by atoms with van der Waals surface area (Å²) >= 11 is 0. The van der Waals surface area contributed by atoms with Crippen molar-refractivity contribution in [3.8, 4) is 5.75 Å². The van der Waals surface area contributed by atoms with Crippen LogP contribution in [0.5, 0.6) is 5.75 Å². The maximum atomic E-state index is 14.4. The van der Waals surface area contributed by atoms with E-state index in [4.69, 9.17) is 4.74 Å². The fourth-order valence-electron chi connectivity index (χ4n) is 2.71. The van der Waals surface area contributed by atoms with Gasteiger partial charge in [0.1, 0.15) is 11.6 Å². The minimum absolute atomic E-state index is 0. The van der Waals surface area contributed by atoms with Crippen molar-refractivity contribution < 1.29 is 27.1 Å². The van der Waals surface area contributed by atoms with Crippen molar-refractivity contribution in [2.24, 2.45) is 0 Å². The van der Waals surface area contributed by atoms with Crippen LogP contribution in [0, 0.1) is 5.82 Å². The van der Waals surface area contributed by atoms with Crippen molar-refractivity contribution in [3.63, 3.8) is 0 Å². The maximum absolute atomic E-state index is 14.4.